The molecule has 2 amide bonds. The van der Waals surface area contributed by atoms with E-state index in [0.29, 0.717) is 25.8 Å². The lowest BCUT2D eigenvalue weighted by Crippen LogP contribution is -2.40. The maximum atomic E-state index is 12.9. The first-order valence-corrected chi connectivity index (χ1v) is 12.9. The Kier molecular flexibility index (Phi) is 9.87. The normalized spacial score (nSPS) is 18.9. The van der Waals surface area contributed by atoms with Crippen LogP contribution in [0, 0.1) is 5.92 Å². The summed E-state index contributed by atoms with van der Waals surface area (Å²) in [5.41, 5.74) is -0.547. The number of carboxylic acid groups (broad SMARTS) is 1. The lowest BCUT2D eigenvalue weighted by molar-refractivity contribution is -0.140. The summed E-state index contributed by atoms with van der Waals surface area (Å²) in [6, 6.07) is 6.57. The van der Waals surface area contributed by atoms with Crippen LogP contribution in [0.15, 0.2) is 35.2 Å². The maximum absolute atomic E-state index is 12.9. The van der Waals surface area contributed by atoms with E-state index in [-0.39, 0.29) is 36.2 Å². The van der Waals surface area contributed by atoms with E-state index in [2.05, 4.69) is 10.6 Å². The van der Waals surface area contributed by atoms with Crippen molar-refractivity contribution in [2.45, 2.75) is 69.4 Å². The number of amides is 2. The summed E-state index contributed by atoms with van der Waals surface area (Å²) in [6.45, 7) is 6.07. The van der Waals surface area contributed by atoms with Gasteiger partial charge in [-0.05, 0) is 58.1 Å². The number of nitrogens with zero attached hydrogens (tertiary/aromatic N) is 1. The first-order valence-electron chi connectivity index (χ1n) is 11.4. The number of carboxylic acids is 1. The molecular weight excluding hydrogens is 462 g/mol. The van der Waals surface area contributed by atoms with Gasteiger partial charge in [0.05, 0.1) is 4.90 Å². The highest BCUT2D eigenvalue weighted by atomic mass is 32.2. The average molecular weight is 498 g/mol. The lowest BCUT2D eigenvalue weighted by atomic mass is 10.1. The second-order valence-corrected chi connectivity index (χ2v) is 11.3. The molecule has 0 aliphatic carbocycles. The minimum atomic E-state index is -3.94. The van der Waals surface area contributed by atoms with Crippen molar-refractivity contribution in [1.82, 2.24) is 14.9 Å². The molecule has 1 unspecified atom stereocenters. The van der Waals surface area contributed by atoms with Crippen molar-refractivity contribution in [2.75, 3.05) is 19.6 Å². The van der Waals surface area contributed by atoms with Gasteiger partial charge in [-0.3, -0.25) is 9.59 Å². The highest BCUT2D eigenvalue weighted by Gasteiger charge is 2.43. The monoisotopic (exact) mass is 497 g/mol. The molecule has 2 rings (SSSR count). The molecule has 1 aromatic carbocycles. The molecule has 2 atom stereocenters. The third-order valence-electron chi connectivity index (χ3n) is 5.31. The van der Waals surface area contributed by atoms with E-state index in [4.69, 9.17) is 4.74 Å². The van der Waals surface area contributed by atoms with E-state index in [0.717, 1.165) is 10.7 Å². The van der Waals surface area contributed by atoms with Gasteiger partial charge in [0, 0.05) is 26.1 Å². The van der Waals surface area contributed by atoms with E-state index >= 15 is 0 Å². The van der Waals surface area contributed by atoms with Crippen molar-refractivity contribution in [3.8, 4) is 0 Å². The standard InChI is InChI=1S/C23H35N3O7S/c1-23(2,3)33-22(30)24-13-9-5-8-12-20(27)25-15-17-14-19(21(28)29)26(16-17)34(31,32)18-10-6-4-7-11-18/h4,6-7,10-11,17,19H,5,8-9,12-16H2,1-3H3,(H,24,30)(H,25,27)(H,28,29)/t17?,19-/m0/s1. The molecule has 1 aliphatic rings. The summed E-state index contributed by atoms with van der Waals surface area (Å²) in [6.07, 6.45) is 2.06. The predicted molar refractivity (Wildman–Crippen MR) is 126 cm³/mol. The van der Waals surface area contributed by atoms with Gasteiger partial charge < -0.3 is 20.5 Å². The van der Waals surface area contributed by atoms with E-state index in [1.165, 1.54) is 12.1 Å². The smallest absolute Gasteiger partial charge is 0.407 e. The molecule has 1 saturated heterocycles. The third-order valence-corrected chi connectivity index (χ3v) is 7.20. The Hall–Kier alpha value is -2.66. The number of rotatable bonds is 11. The molecule has 3 N–H and O–H groups in total. The average Bonchev–Trinajstić information content (AvgIpc) is 3.20. The Labute approximate surface area is 201 Å². The Balaban J connectivity index is 1.72. The van der Waals surface area contributed by atoms with Crippen LogP contribution in [0.1, 0.15) is 52.9 Å². The van der Waals surface area contributed by atoms with Crippen LogP contribution in [-0.2, 0) is 24.3 Å². The summed E-state index contributed by atoms with van der Waals surface area (Å²) in [4.78, 5) is 35.5. The van der Waals surface area contributed by atoms with Crippen molar-refractivity contribution >= 4 is 28.0 Å². The molecule has 0 saturated carbocycles. The second kappa shape index (κ2) is 12.2. The molecule has 190 valence electrons. The lowest BCUT2D eigenvalue weighted by Gasteiger charge is -2.21. The molecule has 0 bridgehead atoms. The summed E-state index contributed by atoms with van der Waals surface area (Å²) < 4.78 is 32.0. The highest BCUT2D eigenvalue weighted by molar-refractivity contribution is 7.89. The fourth-order valence-electron chi connectivity index (χ4n) is 3.69. The molecule has 0 radical (unpaired) electrons. The van der Waals surface area contributed by atoms with Gasteiger partial charge in [0.15, 0.2) is 0 Å². The van der Waals surface area contributed by atoms with Gasteiger partial charge >= 0.3 is 12.1 Å². The number of benzene rings is 1. The largest absolute Gasteiger partial charge is 0.480 e. The van der Waals surface area contributed by atoms with Crippen molar-refractivity contribution in [3.05, 3.63) is 30.3 Å². The molecular formula is C23H35N3O7S. The molecule has 1 aromatic rings. The summed E-state index contributed by atoms with van der Waals surface area (Å²) in [5.74, 6) is -1.66. The van der Waals surface area contributed by atoms with Crippen LogP contribution in [0.2, 0.25) is 0 Å². The van der Waals surface area contributed by atoms with Crippen LogP contribution in [0.25, 0.3) is 0 Å². The zero-order chi connectivity index (χ0) is 25.4. The van der Waals surface area contributed by atoms with Gasteiger partial charge in [0.25, 0.3) is 0 Å². The number of ether oxygens (including phenoxy) is 1. The number of carbonyl (C=O) groups excluding carboxylic acids is 2. The molecule has 1 fully saturated rings. The molecule has 34 heavy (non-hydrogen) atoms. The Morgan fingerprint density at radius 3 is 2.38 bits per heavy atom. The Bertz CT molecular complexity index is 945. The van der Waals surface area contributed by atoms with Crippen LogP contribution in [0.5, 0.6) is 0 Å². The number of alkyl carbamates (subject to hydrolysis) is 1. The molecule has 1 heterocycles. The fraction of sp³-hybridized carbons (Fsp3) is 0.609. The molecule has 1 aliphatic heterocycles. The SMILES string of the molecule is CC(C)(C)OC(=O)NCCCCCC(=O)NCC1C[C@@H](C(=O)O)N(S(=O)(=O)c2ccccc2)C1. The number of unbranched alkanes of at least 4 members (excludes halogenated alkanes) is 2. The van der Waals surface area contributed by atoms with E-state index in [9.17, 15) is 27.9 Å². The fourth-order valence-corrected chi connectivity index (χ4v) is 5.38. The van der Waals surface area contributed by atoms with Crippen molar-refractivity contribution in [1.29, 1.82) is 0 Å². The van der Waals surface area contributed by atoms with Crippen molar-refractivity contribution in [3.63, 3.8) is 0 Å². The number of nitrogens with one attached hydrogen (secondary N) is 2. The van der Waals surface area contributed by atoms with Gasteiger partial charge in [-0.25, -0.2) is 13.2 Å². The number of hydrogen-bond acceptors (Lipinski definition) is 6. The molecule has 0 spiro atoms. The highest BCUT2D eigenvalue weighted by Crippen LogP contribution is 2.29. The van der Waals surface area contributed by atoms with Crippen LogP contribution in [0.4, 0.5) is 4.79 Å². The minimum Gasteiger partial charge on any atom is -0.480 e. The summed E-state index contributed by atoms with van der Waals surface area (Å²) in [7, 11) is -3.94. The molecule has 10 nitrogen and oxygen atoms in total. The number of sulfonamides is 1. The zero-order valence-corrected chi connectivity index (χ0v) is 20.8. The quantitative estimate of drug-likeness (QED) is 0.398. The van der Waals surface area contributed by atoms with Crippen LogP contribution in [-0.4, -0.2) is 67.1 Å². The van der Waals surface area contributed by atoms with Crippen LogP contribution in [0.3, 0.4) is 0 Å². The van der Waals surface area contributed by atoms with Crippen molar-refractivity contribution < 1.29 is 32.6 Å². The molecule has 11 heteroatoms. The number of aliphatic carboxylic acids is 1. The first-order chi connectivity index (χ1) is 15.9. The van der Waals surface area contributed by atoms with Crippen LogP contribution < -0.4 is 10.6 Å². The van der Waals surface area contributed by atoms with Gasteiger partial charge in [-0.1, -0.05) is 24.6 Å². The first kappa shape index (κ1) is 27.6. The van der Waals surface area contributed by atoms with Gasteiger partial charge in [0.1, 0.15) is 11.6 Å². The Morgan fingerprint density at radius 1 is 1.09 bits per heavy atom. The molecule has 0 aromatic heterocycles. The van der Waals surface area contributed by atoms with Gasteiger partial charge in [-0.15, -0.1) is 0 Å². The van der Waals surface area contributed by atoms with E-state index < -0.39 is 33.7 Å². The number of hydrogen-bond donors (Lipinski definition) is 3. The summed E-state index contributed by atoms with van der Waals surface area (Å²) >= 11 is 0. The second-order valence-electron chi connectivity index (χ2n) is 9.39. The minimum absolute atomic E-state index is 0.0325. The van der Waals surface area contributed by atoms with E-state index in [1.807, 2.05) is 0 Å². The number of carbonyl (C=O) groups is 3. The predicted octanol–water partition coefficient (Wildman–Crippen LogP) is 2.35. The van der Waals surface area contributed by atoms with Crippen LogP contribution >= 0.6 is 0 Å². The zero-order valence-electron chi connectivity index (χ0n) is 20.0. The Morgan fingerprint density at radius 2 is 1.76 bits per heavy atom. The summed E-state index contributed by atoms with van der Waals surface area (Å²) in [5, 5.41) is 15.0. The van der Waals surface area contributed by atoms with Gasteiger partial charge in [-0.2, -0.15) is 4.31 Å². The van der Waals surface area contributed by atoms with Crippen molar-refractivity contribution in [2.24, 2.45) is 5.92 Å². The third kappa shape index (κ3) is 8.60. The van der Waals surface area contributed by atoms with E-state index in [1.54, 1.807) is 39.0 Å². The topological polar surface area (TPSA) is 142 Å². The maximum Gasteiger partial charge on any atom is 0.407 e. The van der Waals surface area contributed by atoms with Gasteiger partial charge in [0.2, 0.25) is 15.9 Å².